The summed E-state index contributed by atoms with van der Waals surface area (Å²) < 4.78 is 0. The van der Waals surface area contributed by atoms with Crippen LogP contribution in [0.2, 0.25) is 0 Å². The number of nitrogens with two attached hydrogens (primary N) is 1. The number of benzene rings is 1. The fourth-order valence-corrected chi connectivity index (χ4v) is 1.13. The van der Waals surface area contributed by atoms with Crippen molar-refractivity contribution in [2.75, 3.05) is 19.3 Å². The lowest BCUT2D eigenvalue weighted by Crippen LogP contribution is -1.90. The van der Waals surface area contributed by atoms with Gasteiger partial charge < -0.3 is 11.1 Å². The zero-order chi connectivity index (χ0) is 12.5. The van der Waals surface area contributed by atoms with Gasteiger partial charge in [-0.1, -0.05) is 11.6 Å². The third-order valence-corrected chi connectivity index (χ3v) is 2.04. The first-order chi connectivity index (χ1) is 8.22. The highest BCUT2D eigenvalue weighted by Crippen LogP contribution is 2.14. The molecule has 0 saturated carbocycles. The normalized spacial score (nSPS) is 12.5. The maximum Gasteiger partial charge on any atom is 0.0854 e. The van der Waals surface area contributed by atoms with Gasteiger partial charge in [-0.25, -0.2) is 0 Å². The highest BCUT2D eigenvalue weighted by atomic mass is 15.1. The molecule has 1 aromatic rings. The summed E-state index contributed by atoms with van der Waals surface area (Å²) in [6, 6.07) is 7.32. The average molecular weight is 230 g/mol. The van der Waals surface area contributed by atoms with Gasteiger partial charge in [0.2, 0.25) is 0 Å². The number of rotatable bonds is 5. The van der Waals surface area contributed by atoms with Gasteiger partial charge in [-0.2, -0.15) is 10.2 Å². The van der Waals surface area contributed by atoms with Crippen LogP contribution in [0.4, 0.5) is 11.4 Å². The van der Waals surface area contributed by atoms with E-state index in [-0.39, 0.29) is 0 Å². The number of nitrogens with one attached hydrogen (secondary N) is 1. The van der Waals surface area contributed by atoms with Crippen molar-refractivity contribution in [1.82, 2.24) is 5.32 Å². The first-order valence-corrected chi connectivity index (χ1v) is 5.45. The molecule has 0 heterocycles. The molecule has 0 fully saturated rings. The van der Waals surface area contributed by atoms with Gasteiger partial charge in [0, 0.05) is 12.7 Å². The molecule has 4 nitrogen and oxygen atoms in total. The minimum absolute atomic E-state index is 0.596. The smallest absolute Gasteiger partial charge is 0.0854 e. The summed E-state index contributed by atoms with van der Waals surface area (Å²) in [4.78, 5) is 0. The van der Waals surface area contributed by atoms with Crippen LogP contribution in [0.1, 0.15) is 6.92 Å². The van der Waals surface area contributed by atoms with Gasteiger partial charge in [0.05, 0.1) is 12.2 Å². The molecule has 0 aromatic heterocycles. The van der Waals surface area contributed by atoms with E-state index in [4.69, 9.17) is 5.73 Å². The van der Waals surface area contributed by atoms with Crippen LogP contribution in [0.3, 0.4) is 0 Å². The molecular formula is C13H18N4. The number of azo groups is 1. The molecule has 0 radical (unpaired) electrons. The standard InChI is InChI=1S/C13H18N4/c1-11(4-3-9-15-2)10-16-17-13-7-5-12(14)6-8-13/h3-9,15H,10,14H2,1-2H3/b9-3-,11-4-,17-16?. The predicted molar refractivity (Wildman–Crippen MR) is 72.2 cm³/mol. The summed E-state index contributed by atoms with van der Waals surface area (Å²) in [5.74, 6) is 0. The van der Waals surface area contributed by atoms with Gasteiger partial charge in [-0.3, -0.25) is 0 Å². The summed E-state index contributed by atoms with van der Waals surface area (Å²) in [6.45, 7) is 2.61. The van der Waals surface area contributed by atoms with Crippen molar-refractivity contribution < 1.29 is 0 Å². The monoisotopic (exact) mass is 230 g/mol. The second-order valence-corrected chi connectivity index (χ2v) is 3.65. The van der Waals surface area contributed by atoms with Gasteiger partial charge in [-0.05, 0) is 43.5 Å². The van der Waals surface area contributed by atoms with Gasteiger partial charge >= 0.3 is 0 Å². The van der Waals surface area contributed by atoms with E-state index < -0.39 is 0 Å². The molecule has 0 atom stereocenters. The fourth-order valence-electron chi connectivity index (χ4n) is 1.13. The first kappa shape index (κ1) is 13.0. The van der Waals surface area contributed by atoms with E-state index in [1.807, 2.05) is 56.6 Å². The summed E-state index contributed by atoms with van der Waals surface area (Å²) in [5.41, 5.74) is 8.28. The average Bonchev–Trinajstić information content (AvgIpc) is 2.32. The number of nitrogen functional groups attached to an aromatic ring is 1. The van der Waals surface area contributed by atoms with Crippen LogP contribution >= 0.6 is 0 Å². The summed E-state index contributed by atoms with van der Waals surface area (Å²) in [6.07, 6.45) is 5.80. The van der Waals surface area contributed by atoms with E-state index in [0.29, 0.717) is 6.54 Å². The second-order valence-electron chi connectivity index (χ2n) is 3.65. The Kier molecular flexibility index (Phi) is 5.51. The van der Waals surface area contributed by atoms with E-state index in [1.54, 1.807) is 0 Å². The van der Waals surface area contributed by atoms with Crippen LogP contribution in [0.25, 0.3) is 0 Å². The van der Waals surface area contributed by atoms with Gasteiger partial charge in [0.25, 0.3) is 0 Å². The molecule has 1 rings (SSSR count). The number of anilines is 1. The number of nitrogens with zero attached hydrogens (tertiary/aromatic N) is 2. The molecular weight excluding hydrogens is 212 g/mol. The van der Waals surface area contributed by atoms with Crippen molar-refractivity contribution >= 4 is 11.4 Å². The molecule has 90 valence electrons. The van der Waals surface area contributed by atoms with Crippen LogP contribution < -0.4 is 11.1 Å². The highest BCUT2D eigenvalue weighted by molar-refractivity contribution is 5.47. The van der Waals surface area contributed by atoms with E-state index in [0.717, 1.165) is 16.9 Å². The molecule has 1 aromatic carbocycles. The Morgan fingerprint density at radius 2 is 2.06 bits per heavy atom. The largest absolute Gasteiger partial charge is 0.399 e. The fraction of sp³-hybridized carbons (Fsp3) is 0.231. The Balaban J connectivity index is 2.47. The molecule has 0 aliphatic carbocycles. The maximum absolute atomic E-state index is 5.58. The van der Waals surface area contributed by atoms with Crippen LogP contribution in [-0.4, -0.2) is 13.6 Å². The third-order valence-electron chi connectivity index (χ3n) is 2.04. The highest BCUT2D eigenvalue weighted by Gasteiger charge is 1.89. The molecule has 3 N–H and O–H groups in total. The number of allylic oxidation sites excluding steroid dienone is 2. The van der Waals surface area contributed by atoms with Gasteiger partial charge in [0.1, 0.15) is 0 Å². The Bertz CT molecular complexity index is 416. The quantitative estimate of drug-likeness (QED) is 0.464. The molecule has 0 bridgehead atoms. The molecule has 0 aliphatic heterocycles. The Morgan fingerprint density at radius 3 is 2.71 bits per heavy atom. The van der Waals surface area contributed by atoms with Crippen LogP contribution in [0.5, 0.6) is 0 Å². The molecule has 0 aliphatic rings. The lowest BCUT2D eigenvalue weighted by Gasteiger charge is -1.95. The van der Waals surface area contributed by atoms with Crippen LogP contribution in [-0.2, 0) is 0 Å². The SMILES string of the molecule is CN/C=C\C=C(\C)CN=Nc1ccc(N)cc1. The van der Waals surface area contributed by atoms with E-state index >= 15 is 0 Å². The number of hydrogen-bond donors (Lipinski definition) is 2. The van der Waals surface area contributed by atoms with Crippen molar-refractivity contribution in [3.05, 3.63) is 48.2 Å². The zero-order valence-corrected chi connectivity index (χ0v) is 10.2. The van der Waals surface area contributed by atoms with Crippen molar-refractivity contribution in [2.24, 2.45) is 10.2 Å². The molecule has 0 unspecified atom stereocenters. The van der Waals surface area contributed by atoms with E-state index in [9.17, 15) is 0 Å². The topological polar surface area (TPSA) is 62.8 Å². The maximum atomic E-state index is 5.58. The molecule has 17 heavy (non-hydrogen) atoms. The van der Waals surface area contributed by atoms with Crippen molar-refractivity contribution in [3.63, 3.8) is 0 Å². The Hall–Kier alpha value is -2.10. The number of hydrogen-bond acceptors (Lipinski definition) is 4. The molecule has 0 amide bonds. The van der Waals surface area contributed by atoms with E-state index in [2.05, 4.69) is 15.5 Å². The predicted octanol–water partition coefficient (Wildman–Crippen LogP) is 3.03. The van der Waals surface area contributed by atoms with Crippen molar-refractivity contribution in [1.29, 1.82) is 0 Å². The molecule has 0 spiro atoms. The van der Waals surface area contributed by atoms with Crippen molar-refractivity contribution in [3.8, 4) is 0 Å². The Morgan fingerprint density at radius 1 is 1.35 bits per heavy atom. The second kappa shape index (κ2) is 7.22. The molecule has 0 saturated heterocycles. The van der Waals surface area contributed by atoms with Crippen molar-refractivity contribution in [2.45, 2.75) is 6.92 Å². The van der Waals surface area contributed by atoms with E-state index in [1.165, 1.54) is 0 Å². The third kappa shape index (κ3) is 5.51. The summed E-state index contributed by atoms with van der Waals surface area (Å²) in [5, 5.41) is 11.1. The van der Waals surface area contributed by atoms with Crippen LogP contribution in [0, 0.1) is 0 Å². The summed E-state index contributed by atoms with van der Waals surface area (Å²) >= 11 is 0. The first-order valence-electron chi connectivity index (χ1n) is 5.45. The minimum Gasteiger partial charge on any atom is -0.399 e. The minimum atomic E-state index is 0.596. The van der Waals surface area contributed by atoms with Gasteiger partial charge in [-0.15, -0.1) is 0 Å². The summed E-state index contributed by atoms with van der Waals surface area (Å²) in [7, 11) is 1.86. The molecule has 4 heteroatoms. The zero-order valence-electron chi connectivity index (χ0n) is 10.2. The Labute approximate surface area is 102 Å². The van der Waals surface area contributed by atoms with Gasteiger partial charge in [0.15, 0.2) is 0 Å². The lowest BCUT2D eigenvalue weighted by atomic mass is 10.3. The lowest BCUT2D eigenvalue weighted by molar-refractivity contribution is 1.02. The van der Waals surface area contributed by atoms with Crippen LogP contribution in [0.15, 0.2) is 58.4 Å².